The average molecular weight is 225 g/mol. The summed E-state index contributed by atoms with van der Waals surface area (Å²) in [5.41, 5.74) is 3.94. The van der Waals surface area contributed by atoms with Crippen LogP contribution in [0, 0.1) is 6.92 Å². The molecule has 0 aromatic heterocycles. The van der Waals surface area contributed by atoms with Crippen molar-refractivity contribution in [1.29, 1.82) is 0 Å². The van der Waals surface area contributed by atoms with Gasteiger partial charge in [-0.25, -0.2) is 0 Å². The normalized spacial score (nSPS) is 20.6. The minimum atomic E-state index is 0.164. The molecule has 0 heterocycles. The first-order valence-electron chi connectivity index (χ1n) is 5.54. The Morgan fingerprint density at radius 1 is 1.33 bits per heavy atom. The molecule has 1 unspecified atom stereocenters. The van der Waals surface area contributed by atoms with Gasteiger partial charge in [-0.1, -0.05) is 12.5 Å². The number of benzene rings is 1. The molecule has 1 aliphatic carbocycles. The zero-order valence-electron chi connectivity index (χ0n) is 9.35. The van der Waals surface area contributed by atoms with Gasteiger partial charge in [-0.15, -0.1) is 11.6 Å². The minimum Gasteiger partial charge on any atom is -0.496 e. The van der Waals surface area contributed by atoms with Crippen LogP contribution in [0.1, 0.15) is 41.3 Å². The summed E-state index contributed by atoms with van der Waals surface area (Å²) in [6.07, 6.45) is 4.62. The van der Waals surface area contributed by atoms with Gasteiger partial charge in [0.2, 0.25) is 0 Å². The summed E-state index contributed by atoms with van der Waals surface area (Å²) in [5.74, 6) is 1.00. The molecule has 0 radical (unpaired) electrons. The van der Waals surface area contributed by atoms with E-state index in [1.807, 2.05) is 0 Å². The summed E-state index contributed by atoms with van der Waals surface area (Å²) in [6.45, 7) is 2.14. The predicted molar refractivity (Wildman–Crippen MR) is 63.9 cm³/mol. The van der Waals surface area contributed by atoms with Gasteiger partial charge < -0.3 is 4.74 Å². The van der Waals surface area contributed by atoms with Gasteiger partial charge in [0.15, 0.2) is 0 Å². The first-order valence-corrected chi connectivity index (χ1v) is 5.98. The molecule has 2 rings (SSSR count). The molecule has 0 fully saturated rings. The summed E-state index contributed by atoms with van der Waals surface area (Å²) in [7, 11) is 1.74. The number of hydrogen-bond donors (Lipinski definition) is 0. The van der Waals surface area contributed by atoms with Crippen LogP contribution in [-0.2, 0) is 6.42 Å². The molecule has 1 atom stereocenters. The smallest absolute Gasteiger partial charge is 0.122 e. The Kier molecular flexibility index (Phi) is 3.20. The Morgan fingerprint density at radius 3 is 2.87 bits per heavy atom. The average Bonchev–Trinajstić information content (AvgIpc) is 2.42. The first kappa shape index (κ1) is 10.8. The maximum atomic E-state index is 6.43. The summed E-state index contributed by atoms with van der Waals surface area (Å²) in [6, 6.07) is 4.17. The quantitative estimate of drug-likeness (QED) is 0.517. The molecule has 0 N–H and O–H groups in total. The molecule has 1 aliphatic rings. The molecule has 0 amide bonds. The number of halogens is 1. The van der Waals surface area contributed by atoms with Crippen LogP contribution in [0.15, 0.2) is 12.1 Å². The lowest BCUT2D eigenvalue weighted by Crippen LogP contribution is -2.00. The fourth-order valence-electron chi connectivity index (χ4n) is 2.42. The highest BCUT2D eigenvalue weighted by Crippen LogP contribution is 2.39. The number of methoxy groups -OCH3 is 1. The number of aryl methyl sites for hydroxylation is 1. The first-order chi connectivity index (χ1) is 7.24. The number of rotatable bonds is 1. The third-order valence-corrected chi connectivity index (χ3v) is 3.64. The van der Waals surface area contributed by atoms with Gasteiger partial charge >= 0.3 is 0 Å². The maximum Gasteiger partial charge on any atom is 0.122 e. The van der Waals surface area contributed by atoms with Crippen molar-refractivity contribution in [1.82, 2.24) is 0 Å². The molecule has 2 heteroatoms. The van der Waals surface area contributed by atoms with E-state index in [1.165, 1.54) is 29.5 Å². The van der Waals surface area contributed by atoms with Crippen molar-refractivity contribution in [3.63, 3.8) is 0 Å². The standard InChI is InChI=1S/C13H17ClO/c1-9-7-8-12(15-2)10-5-3-4-6-11(14)13(9)10/h7-8,11H,3-6H2,1-2H3. The predicted octanol–water partition coefficient (Wildman–Crippen LogP) is 4.01. The van der Waals surface area contributed by atoms with Gasteiger partial charge in [0.25, 0.3) is 0 Å². The lowest BCUT2D eigenvalue weighted by molar-refractivity contribution is 0.408. The number of hydrogen-bond acceptors (Lipinski definition) is 1. The minimum absolute atomic E-state index is 0.164. The Hall–Kier alpha value is -0.690. The largest absolute Gasteiger partial charge is 0.496 e. The van der Waals surface area contributed by atoms with Gasteiger partial charge in [-0.3, -0.25) is 0 Å². The summed E-state index contributed by atoms with van der Waals surface area (Å²) in [5, 5.41) is 0.164. The van der Waals surface area contributed by atoms with Crippen molar-refractivity contribution in [2.45, 2.75) is 38.0 Å². The van der Waals surface area contributed by atoms with Crippen LogP contribution in [0.25, 0.3) is 0 Å². The van der Waals surface area contributed by atoms with E-state index in [0.717, 1.165) is 18.6 Å². The van der Waals surface area contributed by atoms with Crippen LogP contribution >= 0.6 is 11.6 Å². The lowest BCUT2D eigenvalue weighted by Gasteiger charge is -2.17. The second-order valence-electron chi connectivity index (χ2n) is 4.19. The van der Waals surface area contributed by atoms with Crippen molar-refractivity contribution in [3.8, 4) is 5.75 Å². The molecule has 0 bridgehead atoms. The van der Waals surface area contributed by atoms with Crippen LogP contribution in [0.4, 0.5) is 0 Å². The molecule has 0 spiro atoms. The molecular formula is C13H17ClO. The Morgan fingerprint density at radius 2 is 2.13 bits per heavy atom. The summed E-state index contributed by atoms with van der Waals surface area (Å²) < 4.78 is 5.41. The number of alkyl halides is 1. The second-order valence-corrected chi connectivity index (χ2v) is 4.72. The van der Waals surface area contributed by atoms with Gasteiger partial charge in [-0.05, 0) is 48.9 Å². The Bertz CT molecular complexity index is 360. The van der Waals surface area contributed by atoms with Gasteiger partial charge in [0.1, 0.15) is 5.75 Å². The van der Waals surface area contributed by atoms with Crippen LogP contribution in [0.5, 0.6) is 5.75 Å². The fraction of sp³-hybridized carbons (Fsp3) is 0.538. The zero-order valence-corrected chi connectivity index (χ0v) is 10.1. The molecule has 82 valence electrons. The molecule has 1 aromatic rings. The van der Waals surface area contributed by atoms with Crippen molar-refractivity contribution in [2.75, 3.05) is 7.11 Å². The van der Waals surface area contributed by atoms with Crippen molar-refractivity contribution in [3.05, 3.63) is 28.8 Å². The van der Waals surface area contributed by atoms with Crippen molar-refractivity contribution in [2.24, 2.45) is 0 Å². The molecule has 0 saturated carbocycles. The third-order valence-electron chi connectivity index (χ3n) is 3.20. The molecule has 1 nitrogen and oxygen atoms in total. The fourth-order valence-corrected chi connectivity index (χ4v) is 2.87. The highest BCUT2D eigenvalue weighted by atomic mass is 35.5. The maximum absolute atomic E-state index is 6.43. The Balaban J connectivity index is 2.55. The SMILES string of the molecule is COc1ccc(C)c2c1CCCCC2Cl. The van der Waals surface area contributed by atoms with Crippen LogP contribution < -0.4 is 4.74 Å². The third kappa shape index (κ3) is 1.98. The van der Waals surface area contributed by atoms with Gasteiger partial charge in [0, 0.05) is 0 Å². The van der Waals surface area contributed by atoms with E-state index in [2.05, 4.69) is 19.1 Å². The summed E-state index contributed by atoms with van der Waals surface area (Å²) in [4.78, 5) is 0. The highest BCUT2D eigenvalue weighted by Gasteiger charge is 2.21. The van der Waals surface area contributed by atoms with E-state index < -0.39 is 0 Å². The van der Waals surface area contributed by atoms with E-state index in [1.54, 1.807) is 7.11 Å². The number of ether oxygens (including phenoxy) is 1. The topological polar surface area (TPSA) is 9.23 Å². The van der Waals surface area contributed by atoms with E-state index in [9.17, 15) is 0 Å². The van der Waals surface area contributed by atoms with E-state index in [-0.39, 0.29) is 5.38 Å². The molecule has 0 aliphatic heterocycles. The van der Waals surface area contributed by atoms with E-state index >= 15 is 0 Å². The second kappa shape index (κ2) is 4.44. The monoisotopic (exact) mass is 224 g/mol. The van der Waals surface area contributed by atoms with Gasteiger partial charge in [0.05, 0.1) is 12.5 Å². The van der Waals surface area contributed by atoms with Crippen molar-refractivity contribution >= 4 is 11.6 Å². The van der Waals surface area contributed by atoms with Gasteiger partial charge in [-0.2, -0.15) is 0 Å². The number of fused-ring (bicyclic) bond motifs is 1. The molecule has 1 aromatic carbocycles. The molecule has 0 saturated heterocycles. The van der Waals surface area contributed by atoms with E-state index in [4.69, 9.17) is 16.3 Å². The highest BCUT2D eigenvalue weighted by molar-refractivity contribution is 6.21. The van der Waals surface area contributed by atoms with Crippen LogP contribution in [0.3, 0.4) is 0 Å². The van der Waals surface area contributed by atoms with Crippen LogP contribution in [0.2, 0.25) is 0 Å². The van der Waals surface area contributed by atoms with Crippen molar-refractivity contribution < 1.29 is 4.74 Å². The van der Waals surface area contributed by atoms with Crippen LogP contribution in [-0.4, -0.2) is 7.11 Å². The summed E-state index contributed by atoms with van der Waals surface area (Å²) >= 11 is 6.43. The molecular weight excluding hydrogens is 208 g/mol. The zero-order chi connectivity index (χ0) is 10.8. The van der Waals surface area contributed by atoms with E-state index in [0.29, 0.717) is 0 Å². The Labute approximate surface area is 96.4 Å². The lowest BCUT2D eigenvalue weighted by atomic mass is 9.97. The molecule has 15 heavy (non-hydrogen) atoms.